The van der Waals surface area contributed by atoms with E-state index < -0.39 is 34.2 Å². The van der Waals surface area contributed by atoms with Gasteiger partial charge in [-0.05, 0) is 63.2 Å². The Kier molecular flexibility index (Phi) is 4.59. The summed E-state index contributed by atoms with van der Waals surface area (Å²) >= 11 is 0. The molecule has 6 heteroatoms. The number of rotatable bonds is 2. The maximum atomic E-state index is 15.5. The van der Waals surface area contributed by atoms with Crippen LogP contribution < -0.4 is 0 Å². The fraction of sp³-hybridized carbons (Fsp3) is 0.870. The van der Waals surface area contributed by atoms with Crippen LogP contribution in [-0.2, 0) is 19.1 Å². The summed E-state index contributed by atoms with van der Waals surface area (Å²) in [5, 5.41) is 11.3. The average molecular weight is 409 g/mol. The van der Waals surface area contributed by atoms with Crippen LogP contribution in [0.25, 0.3) is 0 Å². The second-order valence-corrected chi connectivity index (χ2v) is 10.6. The molecule has 29 heavy (non-hydrogen) atoms. The van der Waals surface area contributed by atoms with Gasteiger partial charge in [0.15, 0.2) is 11.4 Å². The lowest BCUT2D eigenvalue weighted by atomic mass is 9.42. The normalized spacial score (nSPS) is 51.6. The Balaban J connectivity index is 1.73. The van der Waals surface area contributed by atoms with Crippen LogP contribution in [0.4, 0.5) is 4.39 Å². The molecule has 0 amide bonds. The highest BCUT2D eigenvalue weighted by Gasteiger charge is 2.72. The third kappa shape index (κ3) is 2.50. The minimum absolute atomic E-state index is 0.0130. The number of carbonyl (C=O) groups excluding carboxylic acids is 3. The molecule has 4 saturated carbocycles. The number of ketones is 2. The van der Waals surface area contributed by atoms with Crippen molar-refractivity contribution in [2.45, 2.75) is 96.4 Å². The number of alkyl halides is 1. The number of fused-ring (bicyclic) bond motifs is 5. The van der Waals surface area contributed by atoms with Gasteiger partial charge < -0.3 is 9.84 Å². The van der Waals surface area contributed by atoms with Crippen LogP contribution in [0, 0.1) is 28.6 Å². The number of carbonyl (C=O) groups is 3. The van der Waals surface area contributed by atoms with Crippen LogP contribution in [-0.4, -0.2) is 40.0 Å². The van der Waals surface area contributed by atoms with Crippen LogP contribution in [0.2, 0.25) is 0 Å². The molecule has 0 aromatic carbocycles. The van der Waals surface area contributed by atoms with Crippen LogP contribution in [0.5, 0.6) is 0 Å². The summed E-state index contributed by atoms with van der Waals surface area (Å²) < 4.78 is 21.2. The standard InChI is InChI=1S/C23H33FO5/c1-13(25)23(29-14(2)26)10-7-18-16-11-19(24)22(28)12-15(27)5-8-20(22,3)17(16)6-9-21(18,23)4/h16-19,28H,5-12H2,1-4H3/t16-,17-,18-,19+,20-,21+,22+,23+/m1/s1. The Bertz CT molecular complexity index is 766. The van der Waals surface area contributed by atoms with Crippen molar-refractivity contribution in [3.05, 3.63) is 0 Å². The second-order valence-electron chi connectivity index (χ2n) is 10.6. The van der Waals surface area contributed by atoms with Gasteiger partial charge in [-0.2, -0.15) is 0 Å². The van der Waals surface area contributed by atoms with Crippen molar-refractivity contribution in [1.82, 2.24) is 0 Å². The van der Waals surface area contributed by atoms with E-state index in [1.807, 2.05) is 13.8 Å². The zero-order valence-electron chi connectivity index (χ0n) is 17.9. The highest BCUT2D eigenvalue weighted by atomic mass is 19.1. The average Bonchev–Trinajstić information content (AvgIpc) is 2.91. The van der Waals surface area contributed by atoms with Crippen LogP contribution in [0.15, 0.2) is 0 Å². The van der Waals surface area contributed by atoms with Crippen molar-refractivity contribution in [2.75, 3.05) is 0 Å². The van der Waals surface area contributed by atoms with Crippen molar-refractivity contribution in [3.63, 3.8) is 0 Å². The number of hydrogen-bond acceptors (Lipinski definition) is 5. The third-order valence-electron chi connectivity index (χ3n) is 9.64. The molecule has 0 spiro atoms. The van der Waals surface area contributed by atoms with E-state index in [-0.39, 0.29) is 42.2 Å². The first-order valence-electron chi connectivity index (χ1n) is 11.0. The van der Waals surface area contributed by atoms with Crippen molar-refractivity contribution < 1.29 is 28.6 Å². The van der Waals surface area contributed by atoms with Crippen molar-refractivity contribution in [3.8, 4) is 0 Å². The molecule has 162 valence electrons. The van der Waals surface area contributed by atoms with Gasteiger partial charge in [-0.3, -0.25) is 14.4 Å². The molecule has 0 aliphatic heterocycles. The smallest absolute Gasteiger partial charge is 0.303 e. The number of esters is 1. The lowest BCUT2D eigenvalue weighted by Gasteiger charge is -2.64. The van der Waals surface area contributed by atoms with Gasteiger partial charge in [0.05, 0.1) is 0 Å². The fourth-order valence-electron chi connectivity index (χ4n) is 8.08. The SMILES string of the molecule is CC(=O)O[C@]1(C(C)=O)CC[C@@H]2[C@@H]3C[C@H](F)[C@@]4(O)CC(=O)CC[C@]4(C)[C@@H]3CC[C@@]21C. The monoisotopic (exact) mass is 408 g/mol. The lowest BCUT2D eigenvalue weighted by Crippen LogP contribution is -2.68. The lowest BCUT2D eigenvalue weighted by molar-refractivity contribution is -0.239. The summed E-state index contributed by atoms with van der Waals surface area (Å²) in [5.74, 6) is -0.470. The Labute approximate surface area is 171 Å². The number of Topliss-reactive ketones (excluding diaryl/α,β-unsaturated/α-hetero) is 2. The number of hydrogen-bond donors (Lipinski definition) is 1. The Morgan fingerprint density at radius 2 is 1.69 bits per heavy atom. The molecule has 4 fully saturated rings. The van der Waals surface area contributed by atoms with Crippen molar-refractivity contribution >= 4 is 17.5 Å². The molecule has 0 saturated heterocycles. The Morgan fingerprint density at radius 3 is 2.31 bits per heavy atom. The van der Waals surface area contributed by atoms with Crippen LogP contribution >= 0.6 is 0 Å². The van der Waals surface area contributed by atoms with E-state index in [1.165, 1.54) is 13.8 Å². The summed E-state index contributed by atoms with van der Waals surface area (Å²) in [4.78, 5) is 36.7. The molecule has 0 aromatic heterocycles. The van der Waals surface area contributed by atoms with Crippen LogP contribution in [0.3, 0.4) is 0 Å². The molecule has 8 atom stereocenters. The molecule has 0 bridgehead atoms. The largest absolute Gasteiger partial charge is 0.451 e. The highest BCUT2D eigenvalue weighted by molar-refractivity contribution is 5.89. The molecule has 5 nitrogen and oxygen atoms in total. The first-order valence-corrected chi connectivity index (χ1v) is 11.0. The van der Waals surface area contributed by atoms with Gasteiger partial charge in [-0.25, -0.2) is 4.39 Å². The van der Waals surface area contributed by atoms with Gasteiger partial charge in [0, 0.05) is 30.6 Å². The quantitative estimate of drug-likeness (QED) is 0.707. The van der Waals surface area contributed by atoms with Crippen molar-refractivity contribution in [1.29, 1.82) is 0 Å². The summed E-state index contributed by atoms with van der Waals surface area (Å²) in [6.07, 6.45) is 2.18. The first-order chi connectivity index (χ1) is 13.4. The summed E-state index contributed by atoms with van der Waals surface area (Å²) in [6, 6.07) is 0. The molecule has 1 N–H and O–H groups in total. The molecule has 4 aliphatic rings. The predicted molar refractivity (Wildman–Crippen MR) is 104 cm³/mol. The summed E-state index contributed by atoms with van der Waals surface area (Å²) in [6.45, 7) is 6.83. The van der Waals surface area contributed by atoms with Crippen molar-refractivity contribution in [2.24, 2.45) is 28.6 Å². The Hall–Kier alpha value is -1.30. The molecule has 0 unspecified atom stereocenters. The van der Waals surface area contributed by atoms with E-state index in [9.17, 15) is 19.5 Å². The van der Waals surface area contributed by atoms with E-state index in [0.29, 0.717) is 32.1 Å². The molecule has 0 aromatic rings. The van der Waals surface area contributed by atoms with Gasteiger partial charge >= 0.3 is 5.97 Å². The fourth-order valence-corrected chi connectivity index (χ4v) is 8.08. The van der Waals surface area contributed by atoms with Gasteiger partial charge in [0.1, 0.15) is 17.6 Å². The number of aliphatic hydroxyl groups is 1. The number of halogens is 1. The highest BCUT2D eigenvalue weighted by Crippen LogP contribution is 2.69. The summed E-state index contributed by atoms with van der Waals surface area (Å²) in [7, 11) is 0. The number of ether oxygens (including phenoxy) is 1. The first kappa shape index (κ1) is 21.0. The second kappa shape index (κ2) is 6.35. The van der Waals surface area contributed by atoms with Gasteiger partial charge in [0.2, 0.25) is 0 Å². The van der Waals surface area contributed by atoms with E-state index in [4.69, 9.17) is 4.74 Å². The minimum Gasteiger partial charge on any atom is -0.451 e. The zero-order chi connectivity index (χ0) is 21.4. The van der Waals surface area contributed by atoms with Gasteiger partial charge in [0.25, 0.3) is 0 Å². The maximum Gasteiger partial charge on any atom is 0.303 e. The summed E-state index contributed by atoms with van der Waals surface area (Å²) in [5.41, 5.74) is -3.91. The van der Waals surface area contributed by atoms with Crippen LogP contribution in [0.1, 0.15) is 79.1 Å². The molecule has 0 heterocycles. The van der Waals surface area contributed by atoms with Gasteiger partial charge in [-0.15, -0.1) is 0 Å². The van der Waals surface area contributed by atoms with Gasteiger partial charge in [-0.1, -0.05) is 13.8 Å². The zero-order valence-corrected chi connectivity index (χ0v) is 17.9. The third-order valence-corrected chi connectivity index (χ3v) is 9.64. The molecular weight excluding hydrogens is 375 g/mol. The van der Waals surface area contributed by atoms with E-state index in [2.05, 4.69) is 0 Å². The molecular formula is C23H33FO5. The molecule has 0 radical (unpaired) electrons. The topological polar surface area (TPSA) is 80.7 Å². The minimum atomic E-state index is -1.59. The molecule has 4 aliphatic carbocycles. The van der Waals surface area contributed by atoms with E-state index >= 15 is 4.39 Å². The molecule has 4 rings (SSSR count). The maximum absolute atomic E-state index is 15.5. The predicted octanol–water partition coefficient (Wildman–Crippen LogP) is 3.55. The Morgan fingerprint density at radius 1 is 1.07 bits per heavy atom. The van der Waals surface area contributed by atoms with E-state index in [1.54, 1.807) is 0 Å². The van der Waals surface area contributed by atoms with E-state index in [0.717, 1.165) is 6.42 Å².